The molecule has 2 aromatic rings. The van der Waals surface area contributed by atoms with Crippen LogP contribution in [0.1, 0.15) is 10.4 Å². The number of hydrogen-bond acceptors (Lipinski definition) is 3. The van der Waals surface area contributed by atoms with Crippen molar-refractivity contribution in [3.8, 4) is 0 Å². The van der Waals surface area contributed by atoms with Gasteiger partial charge in [0.1, 0.15) is 0 Å². The fraction of sp³-hybridized carbons (Fsp3) is 0.154. The molecule has 0 atom stereocenters. The van der Waals surface area contributed by atoms with E-state index >= 15 is 0 Å². The number of carbonyl (C=O) groups is 1. The summed E-state index contributed by atoms with van der Waals surface area (Å²) >= 11 is 5.15. The van der Waals surface area contributed by atoms with Gasteiger partial charge in [-0.25, -0.2) is 0 Å². The van der Waals surface area contributed by atoms with Crippen LogP contribution >= 0.6 is 27.3 Å². The van der Waals surface area contributed by atoms with E-state index in [2.05, 4.69) is 27.3 Å². The first-order valence-corrected chi connectivity index (χ1v) is 7.10. The number of carbonyl (C=O) groups excluding carboxylic acids is 1. The minimum absolute atomic E-state index is 0.290. The van der Waals surface area contributed by atoms with E-state index < -0.39 is 0 Å². The molecule has 3 N–H and O–H groups in total. The molecule has 1 aromatic heterocycles. The summed E-state index contributed by atoms with van der Waals surface area (Å²) in [7, 11) is 0. The van der Waals surface area contributed by atoms with Crippen LogP contribution in [-0.4, -0.2) is 5.91 Å². The van der Waals surface area contributed by atoms with Gasteiger partial charge in [0.05, 0.1) is 10.2 Å². The lowest BCUT2D eigenvalue weighted by atomic mass is 10.1. The fourth-order valence-electron chi connectivity index (χ4n) is 1.58. The molecule has 18 heavy (non-hydrogen) atoms. The Labute approximate surface area is 118 Å². The van der Waals surface area contributed by atoms with Gasteiger partial charge in [-0.1, -0.05) is 12.1 Å². The molecule has 0 fully saturated rings. The molecule has 0 unspecified atom stereocenters. The molecule has 2 rings (SSSR count). The van der Waals surface area contributed by atoms with Gasteiger partial charge in [-0.3, -0.25) is 4.79 Å². The highest BCUT2D eigenvalue weighted by atomic mass is 79.9. The maximum atomic E-state index is 10.8. The Bertz CT molecular complexity index is 536. The summed E-state index contributed by atoms with van der Waals surface area (Å²) < 4.78 is 1.14. The van der Waals surface area contributed by atoms with E-state index in [1.165, 1.54) is 4.88 Å². The zero-order chi connectivity index (χ0) is 13.0. The zero-order valence-electron chi connectivity index (χ0n) is 9.65. The number of amides is 1. The van der Waals surface area contributed by atoms with E-state index in [1.54, 1.807) is 11.3 Å². The molecule has 1 amide bonds. The van der Waals surface area contributed by atoms with Crippen molar-refractivity contribution in [2.75, 3.05) is 5.32 Å². The van der Waals surface area contributed by atoms with Gasteiger partial charge in [0.25, 0.3) is 0 Å². The van der Waals surface area contributed by atoms with Crippen molar-refractivity contribution < 1.29 is 4.79 Å². The summed E-state index contributed by atoms with van der Waals surface area (Å²) in [6, 6.07) is 11.9. The maximum Gasteiger partial charge on any atom is 0.221 e. The second-order valence-electron chi connectivity index (χ2n) is 3.90. The summed E-state index contributed by atoms with van der Waals surface area (Å²) in [6.07, 6.45) is 0.290. The van der Waals surface area contributed by atoms with Crippen molar-refractivity contribution in [3.05, 3.63) is 50.6 Å². The van der Waals surface area contributed by atoms with Crippen molar-refractivity contribution in [1.29, 1.82) is 0 Å². The maximum absolute atomic E-state index is 10.8. The first-order chi connectivity index (χ1) is 8.63. The van der Waals surface area contributed by atoms with Crippen LogP contribution < -0.4 is 11.1 Å². The van der Waals surface area contributed by atoms with Crippen LogP contribution in [0.2, 0.25) is 0 Å². The molecule has 3 nitrogen and oxygen atoms in total. The molecule has 5 heteroatoms. The highest BCUT2D eigenvalue weighted by molar-refractivity contribution is 9.11. The van der Waals surface area contributed by atoms with Gasteiger partial charge < -0.3 is 11.1 Å². The Balaban J connectivity index is 1.92. The van der Waals surface area contributed by atoms with Crippen molar-refractivity contribution in [1.82, 2.24) is 0 Å². The van der Waals surface area contributed by atoms with E-state index in [4.69, 9.17) is 5.73 Å². The van der Waals surface area contributed by atoms with Crippen molar-refractivity contribution in [2.45, 2.75) is 13.0 Å². The number of benzene rings is 1. The topological polar surface area (TPSA) is 55.1 Å². The summed E-state index contributed by atoms with van der Waals surface area (Å²) in [5.74, 6) is -0.306. The monoisotopic (exact) mass is 324 g/mol. The lowest BCUT2D eigenvalue weighted by Gasteiger charge is -2.05. The molecule has 0 aliphatic carbocycles. The number of rotatable bonds is 5. The van der Waals surface area contributed by atoms with Gasteiger partial charge >= 0.3 is 0 Å². The molecule has 1 aromatic carbocycles. The van der Waals surface area contributed by atoms with Crippen LogP contribution in [-0.2, 0) is 17.8 Å². The quantitative estimate of drug-likeness (QED) is 0.887. The van der Waals surface area contributed by atoms with E-state index in [0.717, 1.165) is 21.6 Å². The molecule has 0 spiro atoms. The molecule has 0 saturated heterocycles. The van der Waals surface area contributed by atoms with Crippen molar-refractivity contribution in [2.24, 2.45) is 5.73 Å². The average Bonchev–Trinajstić information content (AvgIpc) is 2.74. The Morgan fingerprint density at radius 1 is 1.22 bits per heavy atom. The zero-order valence-corrected chi connectivity index (χ0v) is 12.1. The third-order valence-corrected chi connectivity index (χ3v) is 4.05. The SMILES string of the molecule is NC(=O)Cc1ccc(NCc2ccc(Br)s2)cc1. The molecule has 0 radical (unpaired) electrons. The van der Waals surface area contributed by atoms with Crippen molar-refractivity contribution in [3.63, 3.8) is 0 Å². The minimum Gasteiger partial charge on any atom is -0.380 e. The van der Waals surface area contributed by atoms with Crippen LogP contribution in [0.15, 0.2) is 40.2 Å². The van der Waals surface area contributed by atoms with E-state index in [9.17, 15) is 4.79 Å². The third kappa shape index (κ3) is 3.85. The number of anilines is 1. The molecule has 1 heterocycles. The van der Waals surface area contributed by atoms with Crippen LogP contribution in [0, 0.1) is 0 Å². The standard InChI is InChI=1S/C13H13BrN2OS/c14-12-6-5-11(18-12)8-16-10-3-1-9(2-4-10)7-13(15)17/h1-6,16H,7-8H2,(H2,15,17). The Kier molecular flexibility index (Phi) is 4.38. The lowest BCUT2D eigenvalue weighted by molar-refractivity contribution is -0.117. The molecular formula is C13H13BrN2OS. The molecule has 94 valence electrons. The van der Waals surface area contributed by atoms with Crippen LogP contribution in [0.3, 0.4) is 0 Å². The Morgan fingerprint density at radius 3 is 2.50 bits per heavy atom. The predicted molar refractivity (Wildman–Crippen MR) is 78.7 cm³/mol. The van der Waals surface area contributed by atoms with Gasteiger partial charge in [0.2, 0.25) is 5.91 Å². The van der Waals surface area contributed by atoms with Gasteiger partial charge in [-0.2, -0.15) is 0 Å². The number of nitrogens with one attached hydrogen (secondary N) is 1. The van der Waals surface area contributed by atoms with E-state index in [1.807, 2.05) is 30.3 Å². The second kappa shape index (κ2) is 6.02. The summed E-state index contributed by atoms with van der Waals surface area (Å²) in [4.78, 5) is 12.0. The molecular weight excluding hydrogens is 312 g/mol. The Morgan fingerprint density at radius 2 is 1.94 bits per heavy atom. The smallest absolute Gasteiger partial charge is 0.221 e. The molecule has 0 bridgehead atoms. The number of primary amides is 1. The van der Waals surface area contributed by atoms with Gasteiger partial charge in [0.15, 0.2) is 0 Å². The highest BCUT2D eigenvalue weighted by Gasteiger charge is 2.00. The summed E-state index contributed by atoms with van der Waals surface area (Å²) in [5.41, 5.74) is 7.11. The fourth-order valence-corrected chi connectivity index (χ4v) is 3.00. The highest BCUT2D eigenvalue weighted by Crippen LogP contribution is 2.23. The predicted octanol–water partition coefficient (Wildman–Crippen LogP) is 3.15. The third-order valence-electron chi connectivity index (χ3n) is 2.43. The summed E-state index contributed by atoms with van der Waals surface area (Å²) in [5, 5.41) is 3.33. The van der Waals surface area contributed by atoms with Gasteiger partial charge in [-0.15, -0.1) is 11.3 Å². The van der Waals surface area contributed by atoms with E-state index in [0.29, 0.717) is 0 Å². The largest absolute Gasteiger partial charge is 0.380 e. The lowest BCUT2D eigenvalue weighted by Crippen LogP contribution is -2.13. The van der Waals surface area contributed by atoms with Crippen molar-refractivity contribution >= 4 is 38.9 Å². The number of hydrogen-bond donors (Lipinski definition) is 2. The summed E-state index contributed by atoms with van der Waals surface area (Å²) in [6.45, 7) is 0.797. The molecule has 0 aliphatic rings. The number of nitrogens with two attached hydrogens (primary N) is 1. The number of halogens is 1. The van der Waals surface area contributed by atoms with E-state index in [-0.39, 0.29) is 12.3 Å². The minimum atomic E-state index is -0.306. The van der Waals surface area contributed by atoms with Crippen LogP contribution in [0.4, 0.5) is 5.69 Å². The second-order valence-corrected chi connectivity index (χ2v) is 6.45. The first kappa shape index (κ1) is 13.1. The van der Waals surface area contributed by atoms with Crippen LogP contribution in [0.5, 0.6) is 0 Å². The van der Waals surface area contributed by atoms with Crippen LogP contribution in [0.25, 0.3) is 0 Å². The van der Waals surface area contributed by atoms with Gasteiger partial charge in [-0.05, 0) is 45.8 Å². The van der Waals surface area contributed by atoms with Gasteiger partial charge in [0, 0.05) is 17.1 Å². The number of thiophene rings is 1. The molecule has 0 aliphatic heterocycles. The Hall–Kier alpha value is -1.33. The first-order valence-electron chi connectivity index (χ1n) is 5.49. The molecule has 0 saturated carbocycles. The average molecular weight is 325 g/mol. The normalized spacial score (nSPS) is 10.3.